The highest BCUT2D eigenvalue weighted by Gasteiger charge is 2.17. The molecule has 0 amide bonds. The minimum atomic E-state index is -0.413. The lowest BCUT2D eigenvalue weighted by Gasteiger charge is -2.07. The number of hydrogen-bond donors (Lipinski definition) is 0. The maximum Gasteiger partial charge on any atom is 0.343 e. The number of benzene rings is 1. The topological polar surface area (TPSA) is 56.5 Å². The van der Waals surface area contributed by atoms with Gasteiger partial charge in [-0.1, -0.05) is 34.1 Å². The van der Waals surface area contributed by atoms with Gasteiger partial charge in [-0.2, -0.15) is 5.10 Å². The van der Waals surface area contributed by atoms with Crippen LogP contribution in [0.4, 0.5) is 0 Å². The zero-order chi connectivity index (χ0) is 14.8. The first kappa shape index (κ1) is 13.8. The summed E-state index contributed by atoms with van der Waals surface area (Å²) in [5.74, 6) is -0.413. The van der Waals surface area contributed by atoms with Crippen molar-refractivity contribution < 1.29 is 9.53 Å². The molecule has 0 bridgehead atoms. The summed E-state index contributed by atoms with van der Waals surface area (Å²) in [7, 11) is 0. The second-order valence-corrected chi connectivity index (χ2v) is 5.18. The third-order valence-electron chi connectivity index (χ3n) is 3.05. The number of hydrogen-bond acceptors (Lipinski definition) is 4. The van der Waals surface area contributed by atoms with Gasteiger partial charge in [0.2, 0.25) is 0 Å². The predicted octanol–water partition coefficient (Wildman–Crippen LogP) is 3.34. The van der Waals surface area contributed by atoms with Crippen molar-refractivity contribution >= 4 is 27.5 Å². The van der Waals surface area contributed by atoms with Crippen LogP contribution in [0, 0.1) is 0 Å². The maximum absolute atomic E-state index is 11.9. The molecule has 0 aliphatic heterocycles. The van der Waals surface area contributed by atoms with Crippen LogP contribution < -0.4 is 0 Å². The van der Waals surface area contributed by atoms with Gasteiger partial charge in [-0.25, -0.2) is 14.3 Å². The lowest BCUT2D eigenvalue weighted by Crippen LogP contribution is -2.05. The minimum absolute atomic E-state index is 0.320. The van der Waals surface area contributed by atoms with Gasteiger partial charge in [-0.15, -0.1) is 0 Å². The van der Waals surface area contributed by atoms with Crippen molar-refractivity contribution in [1.29, 1.82) is 0 Å². The van der Waals surface area contributed by atoms with Crippen molar-refractivity contribution in [3.8, 4) is 11.3 Å². The molecule has 2 aromatic heterocycles. The SMILES string of the molecule is CCOC(=O)c1cnn2c(-c3ccccc3Br)ccnc12. The van der Waals surface area contributed by atoms with Crippen LogP contribution in [0.3, 0.4) is 0 Å². The summed E-state index contributed by atoms with van der Waals surface area (Å²) in [6.07, 6.45) is 3.15. The predicted molar refractivity (Wildman–Crippen MR) is 82.1 cm³/mol. The molecular formula is C15H12BrN3O2. The van der Waals surface area contributed by atoms with E-state index in [4.69, 9.17) is 4.74 Å². The molecule has 0 unspecified atom stereocenters. The van der Waals surface area contributed by atoms with Gasteiger partial charge in [-0.3, -0.25) is 0 Å². The highest BCUT2D eigenvalue weighted by atomic mass is 79.9. The smallest absolute Gasteiger partial charge is 0.343 e. The average Bonchev–Trinajstić information content (AvgIpc) is 2.92. The van der Waals surface area contributed by atoms with E-state index in [1.807, 2.05) is 30.3 Å². The van der Waals surface area contributed by atoms with Gasteiger partial charge in [0.15, 0.2) is 5.65 Å². The van der Waals surface area contributed by atoms with Gasteiger partial charge in [0.25, 0.3) is 0 Å². The largest absolute Gasteiger partial charge is 0.462 e. The summed E-state index contributed by atoms with van der Waals surface area (Å²) in [4.78, 5) is 16.2. The van der Waals surface area contributed by atoms with Crippen molar-refractivity contribution in [3.63, 3.8) is 0 Å². The van der Waals surface area contributed by atoms with Crippen LogP contribution in [0.25, 0.3) is 16.9 Å². The molecule has 2 heterocycles. The normalized spacial score (nSPS) is 10.8. The van der Waals surface area contributed by atoms with E-state index in [9.17, 15) is 4.79 Å². The Labute approximate surface area is 129 Å². The molecular weight excluding hydrogens is 334 g/mol. The molecule has 0 spiro atoms. The Morgan fingerprint density at radius 2 is 2.14 bits per heavy atom. The molecule has 1 aromatic carbocycles. The Hall–Kier alpha value is -2.21. The van der Waals surface area contributed by atoms with Gasteiger partial charge in [-0.05, 0) is 19.1 Å². The molecule has 0 saturated heterocycles. The average molecular weight is 346 g/mol. The van der Waals surface area contributed by atoms with Crippen LogP contribution in [0.5, 0.6) is 0 Å². The molecule has 3 rings (SSSR count). The quantitative estimate of drug-likeness (QED) is 0.683. The molecule has 0 aliphatic rings. The molecule has 5 nitrogen and oxygen atoms in total. The fourth-order valence-electron chi connectivity index (χ4n) is 2.12. The summed E-state index contributed by atoms with van der Waals surface area (Å²) in [6.45, 7) is 2.09. The number of halogens is 1. The molecule has 0 aliphatic carbocycles. The van der Waals surface area contributed by atoms with E-state index in [1.165, 1.54) is 6.20 Å². The Morgan fingerprint density at radius 3 is 2.90 bits per heavy atom. The van der Waals surface area contributed by atoms with Crippen molar-refractivity contribution in [2.75, 3.05) is 6.61 Å². The molecule has 6 heteroatoms. The molecule has 0 fully saturated rings. The summed E-state index contributed by atoms with van der Waals surface area (Å²) >= 11 is 3.53. The summed E-state index contributed by atoms with van der Waals surface area (Å²) in [6, 6.07) is 9.68. The second kappa shape index (κ2) is 5.65. The molecule has 3 aromatic rings. The number of rotatable bonds is 3. The molecule has 0 saturated carbocycles. The van der Waals surface area contributed by atoms with Crippen LogP contribution >= 0.6 is 15.9 Å². The number of ether oxygens (including phenoxy) is 1. The van der Waals surface area contributed by atoms with Gasteiger partial charge >= 0.3 is 5.97 Å². The Balaban J connectivity index is 2.19. The first-order valence-electron chi connectivity index (χ1n) is 6.47. The lowest BCUT2D eigenvalue weighted by atomic mass is 10.1. The van der Waals surface area contributed by atoms with E-state index in [2.05, 4.69) is 26.0 Å². The van der Waals surface area contributed by atoms with Gasteiger partial charge in [0.1, 0.15) is 5.56 Å². The third-order valence-corrected chi connectivity index (χ3v) is 3.74. The van der Waals surface area contributed by atoms with E-state index in [1.54, 1.807) is 17.6 Å². The highest BCUT2D eigenvalue weighted by molar-refractivity contribution is 9.10. The highest BCUT2D eigenvalue weighted by Crippen LogP contribution is 2.28. The molecule has 0 atom stereocenters. The standard InChI is InChI=1S/C15H12BrN3O2/c1-2-21-15(20)11-9-18-19-13(7-8-17-14(11)19)10-5-3-4-6-12(10)16/h3-9H,2H2,1H3. The summed E-state index contributed by atoms with van der Waals surface area (Å²) in [5.41, 5.74) is 2.68. The van der Waals surface area contributed by atoms with Crippen LogP contribution in [-0.4, -0.2) is 27.2 Å². The first-order chi connectivity index (χ1) is 10.2. The zero-order valence-electron chi connectivity index (χ0n) is 11.3. The van der Waals surface area contributed by atoms with E-state index >= 15 is 0 Å². The van der Waals surface area contributed by atoms with E-state index in [0.717, 1.165) is 15.7 Å². The van der Waals surface area contributed by atoms with Gasteiger partial charge in [0, 0.05) is 16.2 Å². The van der Waals surface area contributed by atoms with E-state index in [0.29, 0.717) is 17.8 Å². The van der Waals surface area contributed by atoms with E-state index in [-0.39, 0.29) is 0 Å². The first-order valence-corrected chi connectivity index (χ1v) is 7.26. The van der Waals surface area contributed by atoms with Crippen molar-refractivity contribution in [1.82, 2.24) is 14.6 Å². The minimum Gasteiger partial charge on any atom is -0.462 e. The van der Waals surface area contributed by atoms with Crippen molar-refractivity contribution in [2.45, 2.75) is 6.92 Å². The van der Waals surface area contributed by atoms with Crippen molar-refractivity contribution in [3.05, 3.63) is 52.8 Å². The van der Waals surface area contributed by atoms with E-state index < -0.39 is 5.97 Å². The fraction of sp³-hybridized carbons (Fsp3) is 0.133. The van der Waals surface area contributed by atoms with Crippen LogP contribution in [-0.2, 0) is 4.74 Å². The maximum atomic E-state index is 11.9. The summed E-state index contributed by atoms with van der Waals surface area (Å²) < 4.78 is 7.62. The molecule has 0 N–H and O–H groups in total. The fourth-order valence-corrected chi connectivity index (χ4v) is 2.61. The number of carbonyl (C=O) groups is 1. The van der Waals surface area contributed by atoms with Crippen molar-refractivity contribution in [2.24, 2.45) is 0 Å². The number of nitrogens with zero attached hydrogens (tertiary/aromatic N) is 3. The number of aromatic nitrogens is 3. The monoisotopic (exact) mass is 345 g/mol. The number of carbonyl (C=O) groups excluding carboxylic acids is 1. The number of fused-ring (bicyclic) bond motifs is 1. The molecule has 106 valence electrons. The van der Waals surface area contributed by atoms with Crippen LogP contribution in [0.1, 0.15) is 17.3 Å². The summed E-state index contributed by atoms with van der Waals surface area (Å²) in [5, 5.41) is 4.27. The molecule has 0 radical (unpaired) electrons. The van der Waals surface area contributed by atoms with Crippen LogP contribution in [0.2, 0.25) is 0 Å². The lowest BCUT2D eigenvalue weighted by molar-refractivity contribution is 0.0528. The zero-order valence-corrected chi connectivity index (χ0v) is 12.9. The third kappa shape index (κ3) is 2.42. The van der Waals surface area contributed by atoms with Crippen LogP contribution in [0.15, 0.2) is 47.2 Å². The Kier molecular flexibility index (Phi) is 3.70. The Bertz CT molecular complexity index is 814. The molecule has 21 heavy (non-hydrogen) atoms. The second-order valence-electron chi connectivity index (χ2n) is 4.32. The Morgan fingerprint density at radius 1 is 1.33 bits per heavy atom. The van der Waals surface area contributed by atoms with Gasteiger partial charge < -0.3 is 4.74 Å². The van der Waals surface area contributed by atoms with Gasteiger partial charge in [0.05, 0.1) is 18.5 Å². The number of esters is 1.